The summed E-state index contributed by atoms with van der Waals surface area (Å²) in [5.41, 5.74) is 4.58. The standard InChI is InChI=1S/C27H23N5O2/c1-3-34-26(33)24-29-27(32(30-24)22-16-14-19(2)15-17-22)31-18-23(20-10-6-4-7-11-20)28-25(31)21-12-8-5-9-13-21/h4-18H,3H2,1-2H3. The van der Waals surface area contributed by atoms with Crippen molar-refractivity contribution in [3.05, 3.63) is 103 Å². The van der Waals surface area contributed by atoms with E-state index in [0.717, 1.165) is 28.1 Å². The molecule has 0 bridgehead atoms. The molecule has 168 valence electrons. The van der Waals surface area contributed by atoms with E-state index in [9.17, 15) is 4.79 Å². The van der Waals surface area contributed by atoms with Gasteiger partial charge in [-0.1, -0.05) is 78.4 Å². The third-order valence-corrected chi connectivity index (χ3v) is 5.35. The van der Waals surface area contributed by atoms with Gasteiger partial charge in [-0.25, -0.2) is 9.78 Å². The Morgan fingerprint density at radius 1 is 0.853 bits per heavy atom. The summed E-state index contributed by atoms with van der Waals surface area (Å²) in [7, 11) is 0. The van der Waals surface area contributed by atoms with E-state index in [1.165, 1.54) is 0 Å². The molecule has 2 aromatic heterocycles. The summed E-state index contributed by atoms with van der Waals surface area (Å²) in [6.07, 6.45) is 1.92. The molecule has 0 saturated heterocycles. The second-order valence-corrected chi connectivity index (χ2v) is 7.76. The van der Waals surface area contributed by atoms with E-state index in [1.54, 1.807) is 11.6 Å². The van der Waals surface area contributed by atoms with Crippen molar-refractivity contribution in [3.63, 3.8) is 0 Å². The predicted octanol–water partition coefficient (Wildman–Crippen LogP) is 5.27. The van der Waals surface area contributed by atoms with Gasteiger partial charge in [-0.15, -0.1) is 5.10 Å². The minimum absolute atomic E-state index is 0.00797. The number of carbonyl (C=O) groups excluding carboxylic acids is 1. The first kappa shape index (κ1) is 21.3. The van der Waals surface area contributed by atoms with Crippen LogP contribution in [-0.4, -0.2) is 36.9 Å². The van der Waals surface area contributed by atoms with Crippen molar-refractivity contribution in [2.45, 2.75) is 13.8 Å². The Hall–Kier alpha value is -4.52. The second-order valence-electron chi connectivity index (χ2n) is 7.76. The van der Waals surface area contributed by atoms with Crippen molar-refractivity contribution in [1.82, 2.24) is 24.3 Å². The van der Waals surface area contributed by atoms with Gasteiger partial charge in [-0.2, -0.15) is 9.67 Å². The molecular formula is C27H23N5O2. The average Bonchev–Trinajstić information content (AvgIpc) is 3.51. The highest BCUT2D eigenvalue weighted by atomic mass is 16.5. The largest absolute Gasteiger partial charge is 0.460 e. The molecule has 7 nitrogen and oxygen atoms in total. The molecule has 0 aliphatic heterocycles. The Bertz CT molecular complexity index is 1420. The van der Waals surface area contributed by atoms with Gasteiger partial charge < -0.3 is 4.74 Å². The molecule has 0 fully saturated rings. The van der Waals surface area contributed by atoms with Crippen molar-refractivity contribution >= 4 is 5.97 Å². The maximum absolute atomic E-state index is 12.5. The van der Waals surface area contributed by atoms with E-state index in [2.05, 4.69) is 10.1 Å². The van der Waals surface area contributed by atoms with Crippen LogP contribution in [0, 0.1) is 6.92 Å². The molecule has 5 rings (SSSR count). The molecule has 0 aliphatic carbocycles. The molecule has 0 saturated carbocycles. The zero-order valence-corrected chi connectivity index (χ0v) is 18.9. The molecule has 0 unspecified atom stereocenters. The minimum Gasteiger partial charge on any atom is -0.460 e. The van der Waals surface area contributed by atoms with Crippen LogP contribution in [0.5, 0.6) is 0 Å². The summed E-state index contributed by atoms with van der Waals surface area (Å²) in [4.78, 5) is 22.0. The zero-order chi connectivity index (χ0) is 23.5. The number of nitrogens with zero attached hydrogens (tertiary/aromatic N) is 5. The van der Waals surface area contributed by atoms with Crippen molar-refractivity contribution in [1.29, 1.82) is 0 Å². The lowest BCUT2D eigenvalue weighted by atomic mass is 10.2. The van der Waals surface area contributed by atoms with E-state index in [1.807, 2.05) is 103 Å². The normalized spacial score (nSPS) is 10.9. The van der Waals surface area contributed by atoms with Crippen LogP contribution in [0.15, 0.2) is 91.1 Å². The second kappa shape index (κ2) is 9.15. The summed E-state index contributed by atoms with van der Waals surface area (Å²) >= 11 is 0. The van der Waals surface area contributed by atoms with Crippen LogP contribution in [-0.2, 0) is 4.74 Å². The fourth-order valence-electron chi connectivity index (χ4n) is 3.67. The average molecular weight is 450 g/mol. The van der Waals surface area contributed by atoms with Crippen molar-refractivity contribution in [2.75, 3.05) is 6.61 Å². The molecular weight excluding hydrogens is 426 g/mol. The van der Waals surface area contributed by atoms with Gasteiger partial charge in [0.15, 0.2) is 0 Å². The van der Waals surface area contributed by atoms with Gasteiger partial charge in [0.2, 0.25) is 5.95 Å². The number of benzene rings is 3. The first-order valence-electron chi connectivity index (χ1n) is 11.1. The molecule has 7 heteroatoms. The first-order chi connectivity index (χ1) is 16.6. The van der Waals surface area contributed by atoms with Crippen LogP contribution in [0.3, 0.4) is 0 Å². The number of imidazole rings is 1. The lowest BCUT2D eigenvalue weighted by Crippen LogP contribution is -2.08. The summed E-state index contributed by atoms with van der Waals surface area (Å²) in [6.45, 7) is 4.02. The maximum Gasteiger partial charge on any atom is 0.378 e. The molecule has 2 heterocycles. The van der Waals surface area contributed by atoms with Gasteiger partial charge in [0.25, 0.3) is 5.82 Å². The number of esters is 1. The van der Waals surface area contributed by atoms with Crippen LogP contribution in [0.2, 0.25) is 0 Å². The van der Waals surface area contributed by atoms with E-state index >= 15 is 0 Å². The summed E-state index contributed by atoms with van der Waals surface area (Å²) in [5, 5.41) is 4.50. The van der Waals surface area contributed by atoms with Crippen LogP contribution in [0.25, 0.3) is 34.3 Å². The van der Waals surface area contributed by atoms with Crippen LogP contribution in [0.1, 0.15) is 23.1 Å². The Labute approximate surface area is 197 Å². The molecule has 5 aromatic rings. The van der Waals surface area contributed by atoms with Crippen molar-refractivity contribution < 1.29 is 9.53 Å². The third kappa shape index (κ3) is 4.11. The fraction of sp³-hybridized carbons (Fsp3) is 0.111. The van der Waals surface area contributed by atoms with Crippen molar-refractivity contribution in [2.24, 2.45) is 0 Å². The molecule has 3 aromatic carbocycles. The molecule has 0 aliphatic rings. The van der Waals surface area contributed by atoms with Crippen LogP contribution in [0.4, 0.5) is 0 Å². The number of hydrogen-bond donors (Lipinski definition) is 0. The smallest absolute Gasteiger partial charge is 0.378 e. The Balaban J connectivity index is 1.74. The van der Waals surface area contributed by atoms with E-state index in [0.29, 0.717) is 11.8 Å². The van der Waals surface area contributed by atoms with Gasteiger partial charge in [-0.05, 0) is 26.0 Å². The lowest BCUT2D eigenvalue weighted by Gasteiger charge is -2.09. The maximum atomic E-state index is 12.5. The predicted molar refractivity (Wildman–Crippen MR) is 130 cm³/mol. The number of aromatic nitrogens is 5. The highest BCUT2D eigenvalue weighted by Crippen LogP contribution is 2.28. The molecule has 0 atom stereocenters. The number of carbonyl (C=O) groups is 1. The van der Waals surface area contributed by atoms with Crippen molar-refractivity contribution in [3.8, 4) is 34.3 Å². The Morgan fingerprint density at radius 2 is 1.50 bits per heavy atom. The van der Waals surface area contributed by atoms with Crippen LogP contribution < -0.4 is 0 Å². The number of hydrogen-bond acceptors (Lipinski definition) is 5. The van der Waals surface area contributed by atoms with E-state index < -0.39 is 5.97 Å². The summed E-state index contributed by atoms with van der Waals surface area (Å²) in [6, 6.07) is 27.7. The molecule has 0 spiro atoms. The van der Waals surface area contributed by atoms with E-state index in [4.69, 9.17) is 9.72 Å². The number of ether oxygens (including phenoxy) is 1. The summed E-state index contributed by atoms with van der Waals surface area (Å²) in [5.74, 6) is 0.557. The third-order valence-electron chi connectivity index (χ3n) is 5.35. The SMILES string of the molecule is CCOC(=O)c1nc(-n2cc(-c3ccccc3)nc2-c2ccccc2)n(-c2ccc(C)cc2)n1. The Morgan fingerprint density at radius 3 is 2.15 bits per heavy atom. The van der Waals surface area contributed by atoms with Gasteiger partial charge in [-0.3, -0.25) is 4.57 Å². The van der Waals surface area contributed by atoms with Gasteiger partial charge in [0.1, 0.15) is 5.82 Å². The monoisotopic (exact) mass is 449 g/mol. The molecule has 34 heavy (non-hydrogen) atoms. The highest BCUT2D eigenvalue weighted by molar-refractivity contribution is 5.85. The topological polar surface area (TPSA) is 74.8 Å². The van der Waals surface area contributed by atoms with Gasteiger partial charge >= 0.3 is 5.97 Å². The fourth-order valence-corrected chi connectivity index (χ4v) is 3.67. The quantitative estimate of drug-likeness (QED) is 0.330. The van der Waals surface area contributed by atoms with E-state index in [-0.39, 0.29) is 12.4 Å². The van der Waals surface area contributed by atoms with Crippen LogP contribution >= 0.6 is 0 Å². The van der Waals surface area contributed by atoms with Gasteiger partial charge in [0.05, 0.1) is 18.0 Å². The highest BCUT2D eigenvalue weighted by Gasteiger charge is 2.23. The Kier molecular flexibility index (Phi) is 5.74. The molecule has 0 N–H and O–H groups in total. The lowest BCUT2D eigenvalue weighted by molar-refractivity contribution is 0.0512. The van der Waals surface area contributed by atoms with Gasteiger partial charge in [0, 0.05) is 17.3 Å². The minimum atomic E-state index is -0.570. The zero-order valence-electron chi connectivity index (χ0n) is 18.9. The number of rotatable bonds is 6. The molecule has 0 amide bonds. The first-order valence-corrected chi connectivity index (χ1v) is 11.1. The summed E-state index contributed by atoms with van der Waals surface area (Å²) < 4.78 is 8.69. The molecule has 0 radical (unpaired) electrons. The number of aryl methyl sites for hydroxylation is 1.